The van der Waals surface area contributed by atoms with Crippen LogP contribution >= 0.6 is 0 Å². The van der Waals surface area contributed by atoms with Crippen molar-refractivity contribution < 1.29 is 10.4 Å². The van der Waals surface area contributed by atoms with Gasteiger partial charge in [0.05, 0.1) is 26.0 Å². The molecule has 8 heteroatoms. The number of aliphatic hydroxyl groups is 1. The Morgan fingerprint density at radius 3 is 2.75 bits per heavy atom. The van der Waals surface area contributed by atoms with E-state index in [0.717, 1.165) is 6.54 Å². The van der Waals surface area contributed by atoms with E-state index in [1.54, 1.807) is 18.7 Å². The van der Waals surface area contributed by atoms with Gasteiger partial charge in [-0.2, -0.15) is 0 Å². The minimum absolute atomic E-state index is 0.152. The first kappa shape index (κ1) is 14.5. The lowest BCUT2D eigenvalue weighted by Gasteiger charge is -2.08. The Balaban J connectivity index is 2.31. The second-order valence-electron chi connectivity index (χ2n) is 4.77. The Morgan fingerprint density at radius 1 is 1.30 bits per heavy atom. The molecule has 3 N–H and O–H groups in total. The Morgan fingerprint density at radius 2 is 2.05 bits per heavy atom. The smallest absolute Gasteiger partial charge is 0.332 e. The molecule has 0 aliphatic rings. The third-order valence-electron chi connectivity index (χ3n) is 3.32. The van der Waals surface area contributed by atoms with Gasteiger partial charge in [0.15, 0.2) is 11.2 Å². The van der Waals surface area contributed by atoms with E-state index in [1.807, 2.05) is 5.32 Å². The highest BCUT2D eigenvalue weighted by Gasteiger charge is 2.14. The van der Waals surface area contributed by atoms with Crippen LogP contribution < -0.4 is 16.6 Å². The van der Waals surface area contributed by atoms with Gasteiger partial charge < -0.3 is 15.0 Å². The van der Waals surface area contributed by atoms with Gasteiger partial charge in [0, 0.05) is 27.1 Å². The zero-order valence-corrected chi connectivity index (χ0v) is 11.7. The molecule has 0 unspecified atom stereocenters. The lowest BCUT2D eigenvalue weighted by Crippen LogP contribution is -2.85. The molecule has 0 aliphatic carbocycles. The van der Waals surface area contributed by atoms with Crippen LogP contribution in [0.5, 0.6) is 0 Å². The van der Waals surface area contributed by atoms with E-state index in [4.69, 9.17) is 5.11 Å². The van der Waals surface area contributed by atoms with E-state index in [0.29, 0.717) is 30.7 Å². The van der Waals surface area contributed by atoms with Crippen molar-refractivity contribution in [2.45, 2.75) is 13.0 Å². The van der Waals surface area contributed by atoms with Crippen molar-refractivity contribution in [2.24, 2.45) is 14.1 Å². The molecular weight excluding hydrogens is 262 g/mol. The average Bonchev–Trinajstić information content (AvgIpc) is 2.81. The maximum Gasteiger partial charge on any atom is 0.332 e. The number of aryl methyl sites for hydroxylation is 2. The molecule has 8 nitrogen and oxygen atoms in total. The van der Waals surface area contributed by atoms with Crippen molar-refractivity contribution in [3.63, 3.8) is 0 Å². The SMILES string of the molecule is Cn1cnc2c1c(=O)n(CC[NH2+]CCCO)c(=O)n2C. The molecular formula is C12H20N5O3+. The summed E-state index contributed by atoms with van der Waals surface area (Å²) >= 11 is 0. The van der Waals surface area contributed by atoms with Gasteiger partial charge in [-0.05, 0) is 0 Å². The number of nitrogens with two attached hydrogens (primary N) is 1. The summed E-state index contributed by atoms with van der Waals surface area (Å²) in [7, 11) is 3.35. The standard InChI is InChI=1S/C12H19N5O3/c1-15-8-14-10-9(15)11(19)17(12(20)16(10)2)6-5-13-4-3-7-18/h8,13,18H,3-7H2,1-2H3/p+1. The first-order chi connectivity index (χ1) is 9.57. The van der Waals surface area contributed by atoms with Gasteiger partial charge in [0.2, 0.25) is 0 Å². The number of nitrogens with zero attached hydrogens (tertiary/aromatic N) is 4. The van der Waals surface area contributed by atoms with Gasteiger partial charge in [-0.25, -0.2) is 9.78 Å². The zero-order chi connectivity index (χ0) is 14.7. The summed E-state index contributed by atoms with van der Waals surface area (Å²) in [5, 5.41) is 10.7. The summed E-state index contributed by atoms with van der Waals surface area (Å²) in [5.74, 6) is 0. The van der Waals surface area contributed by atoms with E-state index in [2.05, 4.69) is 4.98 Å². The van der Waals surface area contributed by atoms with Crippen LogP contribution in [0, 0.1) is 0 Å². The second-order valence-corrected chi connectivity index (χ2v) is 4.77. The predicted molar refractivity (Wildman–Crippen MR) is 73.6 cm³/mol. The highest BCUT2D eigenvalue weighted by molar-refractivity contribution is 5.69. The Kier molecular flexibility index (Phi) is 4.35. The normalized spacial score (nSPS) is 11.3. The van der Waals surface area contributed by atoms with Crippen LogP contribution in [0.2, 0.25) is 0 Å². The molecule has 0 radical (unpaired) electrons. The van der Waals surface area contributed by atoms with Gasteiger partial charge >= 0.3 is 5.69 Å². The monoisotopic (exact) mass is 282 g/mol. The predicted octanol–water partition coefficient (Wildman–Crippen LogP) is -2.62. The molecule has 0 amide bonds. The first-order valence-corrected chi connectivity index (χ1v) is 6.61. The van der Waals surface area contributed by atoms with Crippen LogP contribution in [-0.2, 0) is 20.6 Å². The summed E-state index contributed by atoms with van der Waals surface area (Å²) < 4.78 is 4.26. The number of quaternary nitrogens is 1. The fourth-order valence-corrected chi connectivity index (χ4v) is 2.19. The minimum Gasteiger partial charge on any atom is -0.396 e. The van der Waals surface area contributed by atoms with Gasteiger partial charge in [-0.15, -0.1) is 0 Å². The van der Waals surface area contributed by atoms with Crippen LogP contribution in [0.25, 0.3) is 11.2 Å². The van der Waals surface area contributed by atoms with E-state index < -0.39 is 0 Å². The molecule has 0 fully saturated rings. The lowest BCUT2D eigenvalue weighted by molar-refractivity contribution is -0.656. The van der Waals surface area contributed by atoms with E-state index >= 15 is 0 Å². The second kappa shape index (κ2) is 6.02. The van der Waals surface area contributed by atoms with Crippen molar-refractivity contribution in [1.29, 1.82) is 0 Å². The molecule has 0 saturated heterocycles. The Labute approximate surface area is 115 Å². The summed E-state index contributed by atoms with van der Waals surface area (Å²) in [6, 6.07) is 0. The average molecular weight is 282 g/mol. The molecule has 0 saturated carbocycles. The maximum absolute atomic E-state index is 12.3. The van der Waals surface area contributed by atoms with E-state index in [9.17, 15) is 9.59 Å². The Bertz CT molecular complexity index is 712. The molecule has 0 spiro atoms. The number of aliphatic hydroxyl groups excluding tert-OH is 1. The highest BCUT2D eigenvalue weighted by atomic mass is 16.3. The molecule has 20 heavy (non-hydrogen) atoms. The van der Waals surface area contributed by atoms with Gasteiger partial charge in [0.25, 0.3) is 5.56 Å². The topological polar surface area (TPSA) is 98.7 Å². The lowest BCUT2D eigenvalue weighted by atomic mass is 10.4. The van der Waals surface area contributed by atoms with Gasteiger partial charge in [-0.1, -0.05) is 0 Å². The molecule has 2 rings (SSSR count). The third kappa shape index (κ3) is 2.52. The quantitative estimate of drug-likeness (QED) is 0.567. The van der Waals surface area contributed by atoms with Crippen molar-refractivity contribution in [3.05, 3.63) is 27.2 Å². The van der Waals surface area contributed by atoms with E-state index in [1.165, 1.54) is 15.5 Å². The van der Waals surface area contributed by atoms with Crippen molar-refractivity contribution in [3.8, 4) is 0 Å². The van der Waals surface area contributed by atoms with Crippen LogP contribution in [0.15, 0.2) is 15.9 Å². The maximum atomic E-state index is 12.3. The fourth-order valence-electron chi connectivity index (χ4n) is 2.19. The van der Waals surface area contributed by atoms with E-state index in [-0.39, 0.29) is 17.9 Å². The molecule has 110 valence electrons. The largest absolute Gasteiger partial charge is 0.396 e. The van der Waals surface area contributed by atoms with Crippen LogP contribution in [0.1, 0.15) is 6.42 Å². The van der Waals surface area contributed by atoms with Gasteiger partial charge in [-0.3, -0.25) is 13.9 Å². The number of fused-ring (bicyclic) bond motifs is 1. The molecule has 0 atom stereocenters. The Hall–Kier alpha value is -1.93. The third-order valence-corrected chi connectivity index (χ3v) is 3.32. The summed E-state index contributed by atoms with van der Waals surface area (Å²) in [4.78, 5) is 28.6. The molecule has 2 heterocycles. The summed E-state index contributed by atoms with van der Waals surface area (Å²) in [6.07, 6.45) is 2.23. The fraction of sp³-hybridized carbons (Fsp3) is 0.583. The number of aromatic nitrogens is 4. The van der Waals surface area contributed by atoms with Gasteiger partial charge in [0.1, 0.15) is 0 Å². The number of rotatable bonds is 6. The van der Waals surface area contributed by atoms with Crippen molar-refractivity contribution in [1.82, 2.24) is 18.7 Å². The van der Waals surface area contributed by atoms with Crippen molar-refractivity contribution >= 4 is 11.2 Å². The summed E-state index contributed by atoms with van der Waals surface area (Å²) in [5.41, 5.74) is 0.181. The molecule has 0 aromatic carbocycles. The number of imidazole rings is 1. The highest BCUT2D eigenvalue weighted by Crippen LogP contribution is 2.02. The zero-order valence-electron chi connectivity index (χ0n) is 11.7. The number of hydrogen-bond acceptors (Lipinski definition) is 4. The number of hydrogen-bond donors (Lipinski definition) is 2. The minimum atomic E-state index is -0.350. The molecule has 0 aliphatic heterocycles. The molecule has 0 bridgehead atoms. The van der Waals surface area contributed by atoms with Crippen LogP contribution in [0.4, 0.5) is 0 Å². The first-order valence-electron chi connectivity index (χ1n) is 6.61. The van der Waals surface area contributed by atoms with Crippen LogP contribution in [-0.4, -0.2) is 43.5 Å². The summed E-state index contributed by atoms with van der Waals surface area (Å²) in [6.45, 7) is 1.90. The van der Waals surface area contributed by atoms with Crippen LogP contribution in [0.3, 0.4) is 0 Å². The molecule has 2 aromatic heterocycles. The molecule has 2 aromatic rings. The van der Waals surface area contributed by atoms with Crippen molar-refractivity contribution in [2.75, 3.05) is 19.7 Å².